The van der Waals surface area contributed by atoms with Crippen LogP contribution in [0.2, 0.25) is 0 Å². The highest BCUT2D eigenvalue weighted by Crippen LogP contribution is 2.48. The number of rotatable bonds is 4. The minimum absolute atomic E-state index is 0.120. The van der Waals surface area contributed by atoms with Crippen LogP contribution in [0.25, 0.3) is 0 Å². The van der Waals surface area contributed by atoms with E-state index in [9.17, 15) is 19.2 Å². The Labute approximate surface area is 245 Å². The van der Waals surface area contributed by atoms with Crippen LogP contribution >= 0.6 is 43.2 Å². The van der Waals surface area contributed by atoms with Crippen molar-refractivity contribution in [2.75, 3.05) is 28.4 Å². The predicted octanol–water partition coefficient (Wildman–Crippen LogP) is 5.25. The van der Waals surface area contributed by atoms with Gasteiger partial charge in [-0.1, -0.05) is 0 Å². The zero-order valence-electron chi connectivity index (χ0n) is 21.7. The molecule has 0 spiro atoms. The molecule has 204 valence electrons. The number of fused-ring (bicyclic) bond motifs is 8. The van der Waals surface area contributed by atoms with Crippen molar-refractivity contribution in [3.63, 3.8) is 0 Å². The van der Waals surface area contributed by atoms with Crippen molar-refractivity contribution < 1.29 is 38.1 Å². The summed E-state index contributed by atoms with van der Waals surface area (Å²) < 4.78 is 22.2. The van der Waals surface area contributed by atoms with Crippen LogP contribution in [0.3, 0.4) is 0 Å². The summed E-state index contributed by atoms with van der Waals surface area (Å²) >= 11 is 0. The first-order chi connectivity index (χ1) is 19.3. The molecule has 1 aliphatic heterocycles. The smallest absolute Gasteiger partial charge is 0.366 e. The first-order valence-electron chi connectivity index (χ1n) is 11.6. The summed E-state index contributed by atoms with van der Waals surface area (Å²) in [6.45, 7) is 0. The third-order valence-electron chi connectivity index (χ3n) is 6.23. The second-order valence-corrected chi connectivity index (χ2v) is 12.7. The zero-order chi connectivity index (χ0) is 28.6. The minimum atomic E-state index is -0.120. The molecule has 0 radical (unpaired) electrons. The van der Waals surface area contributed by atoms with Crippen molar-refractivity contribution in [1.29, 1.82) is 0 Å². The van der Waals surface area contributed by atoms with E-state index < -0.39 is 0 Å². The van der Waals surface area contributed by atoms with Gasteiger partial charge in [-0.25, -0.2) is 0 Å². The molecule has 0 atom stereocenters. The van der Waals surface area contributed by atoms with Gasteiger partial charge in [0.25, 0.3) is 0 Å². The van der Waals surface area contributed by atoms with Gasteiger partial charge in [0.15, 0.2) is 0 Å². The molecule has 8 nitrogen and oxygen atoms in total. The fourth-order valence-electron chi connectivity index (χ4n) is 4.31. The Morgan fingerprint density at radius 1 is 0.375 bits per heavy atom. The summed E-state index contributed by atoms with van der Waals surface area (Å²) in [7, 11) is 10.7. The van der Waals surface area contributed by atoms with Gasteiger partial charge in [0, 0.05) is 0 Å². The van der Waals surface area contributed by atoms with Crippen molar-refractivity contribution in [2.24, 2.45) is 0 Å². The van der Waals surface area contributed by atoms with Crippen LogP contribution < -0.4 is 0 Å². The van der Waals surface area contributed by atoms with Crippen LogP contribution in [-0.4, -0.2) is 70.8 Å². The maximum absolute atomic E-state index is 11.4. The maximum atomic E-state index is 11.4. The van der Waals surface area contributed by atoms with Gasteiger partial charge in [-0.15, -0.1) is 0 Å². The van der Waals surface area contributed by atoms with Crippen LogP contribution in [0.1, 0.15) is 0 Å². The molecule has 8 bridgehead atoms. The molecular formula is C28H24O8S4+4. The molecule has 4 N–H and O–H groups in total. The van der Waals surface area contributed by atoms with Gasteiger partial charge in [0.2, 0.25) is 0 Å². The second-order valence-electron chi connectivity index (χ2n) is 8.29. The summed E-state index contributed by atoms with van der Waals surface area (Å²) in [5, 5.41) is 0. The Balaban J connectivity index is 1.71. The quantitative estimate of drug-likeness (QED) is 0.310. The molecule has 4 aliphatic carbocycles. The number of hydrogen-bond donors (Lipinski definition) is 0. The molecular weight excluding hydrogens is 593 g/mol. The average molecular weight is 617 g/mol. The highest BCUT2D eigenvalue weighted by molar-refractivity contribution is 8.80. The number of hydrogen-bond acceptors (Lipinski definition) is 8. The Morgan fingerprint density at radius 3 is 0.750 bits per heavy atom. The van der Waals surface area contributed by atoms with E-state index in [2.05, 4.69) is 0 Å². The van der Waals surface area contributed by atoms with E-state index in [1.165, 1.54) is 71.6 Å². The normalized spacial score (nSPS) is 21.3. The van der Waals surface area contributed by atoms with Crippen LogP contribution in [-0.2, 0) is 18.9 Å². The fraction of sp³-hybridized carbons (Fsp3) is 0.143. The minimum Gasteiger partial charge on any atom is -0.496 e. The largest absolute Gasteiger partial charge is 0.496 e. The van der Waals surface area contributed by atoms with E-state index in [0.29, 0.717) is 42.7 Å². The lowest BCUT2D eigenvalue weighted by atomic mass is 9.91. The third-order valence-corrected chi connectivity index (χ3v) is 11.1. The van der Waals surface area contributed by atoms with E-state index in [0.717, 1.165) is 0 Å². The number of allylic oxidation sites excluding steroid dienone is 16. The Morgan fingerprint density at radius 2 is 0.575 bits per heavy atom. The lowest BCUT2D eigenvalue weighted by Gasteiger charge is -2.20. The van der Waals surface area contributed by atoms with Crippen molar-refractivity contribution in [3.05, 3.63) is 114 Å². The third kappa shape index (κ3) is 4.78. The van der Waals surface area contributed by atoms with Gasteiger partial charge >= 0.3 is 23.1 Å². The van der Waals surface area contributed by atoms with E-state index in [-0.39, 0.29) is 45.4 Å². The highest BCUT2D eigenvalue weighted by Gasteiger charge is 2.45. The van der Waals surface area contributed by atoms with Crippen molar-refractivity contribution in [2.45, 2.75) is 0 Å². The molecule has 0 aromatic rings. The first kappa shape index (κ1) is 28.2. The van der Waals surface area contributed by atoms with E-state index in [1.807, 2.05) is 0 Å². The van der Waals surface area contributed by atoms with Crippen LogP contribution in [0, 0.1) is 0 Å². The maximum Gasteiger partial charge on any atom is 0.366 e. The summed E-state index contributed by atoms with van der Waals surface area (Å²) in [5.74, 6) is 0.865. The standard InChI is InChI=1S/C28H20O8S4/c1-33-13-5-9-17-25(29)21(13)22-14(34-2)6-10-18(26(22)30)38-40-20-12-8-16(36-4)24(28(20)32)23-15(35-3)7-11-19(27(23)31)39-37-17/h5-12H,1-4H3/p+4. The molecule has 0 amide bonds. The molecule has 40 heavy (non-hydrogen) atoms. The summed E-state index contributed by atoms with van der Waals surface area (Å²) in [4.78, 5) is 47.6. The molecule has 0 aromatic carbocycles. The van der Waals surface area contributed by atoms with Crippen LogP contribution in [0.15, 0.2) is 114 Å². The molecule has 0 fully saturated rings. The van der Waals surface area contributed by atoms with Crippen LogP contribution in [0.5, 0.6) is 0 Å². The Kier molecular flexibility index (Phi) is 8.22. The van der Waals surface area contributed by atoms with Crippen molar-refractivity contribution in [3.8, 4) is 0 Å². The monoisotopic (exact) mass is 616 g/mol. The van der Waals surface area contributed by atoms with Crippen molar-refractivity contribution in [1.82, 2.24) is 0 Å². The van der Waals surface area contributed by atoms with Crippen LogP contribution in [0.4, 0.5) is 0 Å². The number of methoxy groups -OCH3 is 4. The molecule has 5 rings (SSSR count). The van der Waals surface area contributed by atoms with Gasteiger partial charge in [0.05, 0.1) is 28.4 Å². The van der Waals surface area contributed by atoms with Gasteiger partial charge in [-0.05, 0) is 91.8 Å². The Hall–Kier alpha value is -3.32. The van der Waals surface area contributed by atoms with Gasteiger partial charge < -0.3 is 18.9 Å². The number of carbonyl (C=O) groups excluding carboxylic acids is 4. The van der Waals surface area contributed by atoms with Gasteiger partial charge in [-0.2, -0.15) is 0 Å². The summed E-state index contributed by atoms with van der Waals surface area (Å²) in [5.41, 5.74) is 1.04. The van der Waals surface area contributed by atoms with Crippen molar-refractivity contribution >= 4 is 66.3 Å². The Bertz CT molecular complexity index is 1360. The lowest BCUT2D eigenvalue weighted by molar-refractivity contribution is 0.293. The first-order valence-corrected chi connectivity index (χ1v) is 15.9. The molecule has 12 heteroatoms. The fourth-order valence-corrected chi connectivity index (χ4v) is 8.58. The number of ether oxygens (including phenoxy) is 4. The molecule has 0 unspecified atom stereocenters. The zero-order valence-corrected chi connectivity index (χ0v) is 24.9. The number of ketones is 4. The lowest BCUT2D eigenvalue weighted by Crippen LogP contribution is -2.23. The highest BCUT2D eigenvalue weighted by atomic mass is 33.1. The summed E-state index contributed by atoms with van der Waals surface area (Å²) in [6.07, 6.45) is 13.5. The second kappa shape index (κ2) is 11.7. The molecule has 1 heterocycles. The van der Waals surface area contributed by atoms with E-state index in [1.54, 1.807) is 48.6 Å². The molecule has 0 saturated heterocycles. The molecule has 0 saturated carbocycles. The van der Waals surface area contributed by atoms with Gasteiger partial charge in [0.1, 0.15) is 64.9 Å². The van der Waals surface area contributed by atoms with Gasteiger partial charge in [-0.3, -0.25) is 19.2 Å². The van der Waals surface area contributed by atoms with E-state index >= 15 is 0 Å². The topological polar surface area (TPSA) is 123 Å². The summed E-state index contributed by atoms with van der Waals surface area (Å²) in [6, 6.07) is 0. The average Bonchev–Trinajstić information content (AvgIpc) is 2.96. The van der Waals surface area contributed by atoms with E-state index in [4.69, 9.17) is 18.9 Å². The SMILES string of the molecule is COC1=CC=C2SSC3=CC=C(OC)C(=C4C(=[OH+])C(=CC=C4OC)SSC4=CC=C(OC)C(=C1C2=[OH+])C4=[OH+])C3=[OH+]. The molecule has 0 aromatic heterocycles. The predicted molar refractivity (Wildman–Crippen MR) is 165 cm³/mol. The molecule has 5 aliphatic rings.